The molecule has 0 bridgehead atoms. The molecule has 2 atom stereocenters. The number of nitrogens with zero attached hydrogens (tertiary/aromatic N) is 2. The highest BCUT2D eigenvalue weighted by atomic mass is 16.5. The third kappa shape index (κ3) is 4.49. The number of rotatable bonds is 5. The Labute approximate surface area is 194 Å². The van der Waals surface area contributed by atoms with Crippen molar-refractivity contribution in [2.75, 3.05) is 30.4 Å². The normalized spacial score (nSPS) is 21.0. The molecule has 0 aromatic heterocycles. The molecule has 0 radical (unpaired) electrons. The van der Waals surface area contributed by atoms with Crippen LogP contribution in [0.2, 0.25) is 0 Å². The van der Waals surface area contributed by atoms with E-state index in [1.165, 1.54) is 11.8 Å². The molecule has 1 fully saturated rings. The van der Waals surface area contributed by atoms with Crippen molar-refractivity contribution in [1.29, 1.82) is 0 Å². The highest BCUT2D eigenvalue weighted by molar-refractivity contribution is 6.45. The molecule has 0 aliphatic carbocycles. The summed E-state index contributed by atoms with van der Waals surface area (Å²) in [6.07, 6.45) is 1.10. The van der Waals surface area contributed by atoms with Crippen LogP contribution in [0.15, 0.2) is 54.2 Å². The van der Waals surface area contributed by atoms with Crippen LogP contribution >= 0.6 is 0 Å². The molecule has 2 unspecified atom stereocenters. The molecule has 172 valence electrons. The van der Waals surface area contributed by atoms with Crippen LogP contribution in [0.5, 0.6) is 5.75 Å². The highest BCUT2D eigenvalue weighted by Gasteiger charge is 2.43. The van der Waals surface area contributed by atoms with Crippen LogP contribution in [0, 0.1) is 11.8 Å². The Morgan fingerprint density at radius 3 is 2.09 bits per heavy atom. The molecule has 2 heterocycles. The molecule has 2 aromatic carbocycles. The summed E-state index contributed by atoms with van der Waals surface area (Å²) in [4.78, 5) is 42.0. The van der Waals surface area contributed by atoms with E-state index in [1.54, 1.807) is 43.5 Å². The number of hydrogen-bond acceptors (Lipinski definition) is 5. The summed E-state index contributed by atoms with van der Waals surface area (Å²) >= 11 is 0. The van der Waals surface area contributed by atoms with Crippen molar-refractivity contribution in [3.05, 3.63) is 59.8 Å². The summed E-state index contributed by atoms with van der Waals surface area (Å²) in [6.45, 7) is 7.24. The van der Waals surface area contributed by atoms with Crippen molar-refractivity contribution < 1.29 is 19.1 Å². The second-order valence-corrected chi connectivity index (χ2v) is 8.98. The predicted octanol–water partition coefficient (Wildman–Crippen LogP) is 3.92. The van der Waals surface area contributed by atoms with Crippen LogP contribution in [-0.2, 0) is 14.4 Å². The topological polar surface area (TPSA) is 79.0 Å². The smallest absolute Gasteiger partial charge is 0.282 e. The number of likely N-dealkylation sites (tertiary alicyclic amines) is 1. The number of piperidine rings is 1. The van der Waals surface area contributed by atoms with E-state index in [-0.39, 0.29) is 17.7 Å². The maximum absolute atomic E-state index is 13.7. The number of imide groups is 1. The summed E-state index contributed by atoms with van der Waals surface area (Å²) in [7, 11) is 1.59. The van der Waals surface area contributed by atoms with Crippen LogP contribution in [0.3, 0.4) is 0 Å². The molecule has 1 saturated heterocycles. The van der Waals surface area contributed by atoms with Crippen LogP contribution in [-0.4, -0.2) is 42.8 Å². The van der Waals surface area contributed by atoms with Gasteiger partial charge in [0.1, 0.15) is 11.4 Å². The maximum atomic E-state index is 13.7. The SMILES string of the molecule is COc1ccc(C2=C(N3CC(C)CC(C)C3)C(=O)N(c3ccc(NC(C)=O)cc3)C2=O)cc1. The molecule has 2 aromatic rings. The van der Waals surface area contributed by atoms with Gasteiger partial charge in [-0.15, -0.1) is 0 Å². The molecule has 0 saturated carbocycles. The zero-order valence-electron chi connectivity index (χ0n) is 19.4. The molecule has 4 rings (SSSR count). The third-order valence-corrected chi connectivity index (χ3v) is 6.07. The number of hydrogen-bond donors (Lipinski definition) is 1. The number of anilines is 2. The number of methoxy groups -OCH3 is 1. The summed E-state index contributed by atoms with van der Waals surface area (Å²) in [5.41, 5.74) is 2.63. The number of amides is 3. The fourth-order valence-corrected chi connectivity index (χ4v) is 4.81. The lowest BCUT2D eigenvalue weighted by molar-refractivity contribution is -0.121. The molecule has 3 amide bonds. The zero-order chi connectivity index (χ0) is 23.7. The molecular weight excluding hydrogens is 418 g/mol. The van der Waals surface area contributed by atoms with Gasteiger partial charge in [0.15, 0.2) is 0 Å². The highest BCUT2D eigenvalue weighted by Crippen LogP contribution is 2.37. The first kappa shape index (κ1) is 22.6. The summed E-state index contributed by atoms with van der Waals surface area (Å²) in [6, 6.07) is 14.0. The second kappa shape index (κ2) is 9.10. The molecule has 0 spiro atoms. The van der Waals surface area contributed by atoms with Gasteiger partial charge in [0.25, 0.3) is 11.8 Å². The Hall–Kier alpha value is -3.61. The van der Waals surface area contributed by atoms with Crippen LogP contribution < -0.4 is 15.0 Å². The van der Waals surface area contributed by atoms with E-state index in [4.69, 9.17) is 4.74 Å². The van der Waals surface area contributed by atoms with Crippen LogP contribution in [0.25, 0.3) is 5.57 Å². The van der Waals surface area contributed by atoms with Gasteiger partial charge >= 0.3 is 0 Å². The minimum Gasteiger partial charge on any atom is -0.497 e. The predicted molar refractivity (Wildman–Crippen MR) is 128 cm³/mol. The van der Waals surface area contributed by atoms with Crippen molar-refractivity contribution in [1.82, 2.24) is 4.90 Å². The van der Waals surface area contributed by atoms with Gasteiger partial charge in [-0.05, 0) is 60.2 Å². The monoisotopic (exact) mass is 447 g/mol. The Morgan fingerprint density at radius 1 is 0.939 bits per heavy atom. The quantitative estimate of drug-likeness (QED) is 0.703. The van der Waals surface area contributed by atoms with Gasteiger partial charge in [0, 0.05) is 25.7 Å². The van der Waals surface area contributed by atoms with Gasteiger partial charge in [0.2, 0.25) is 5.91 Å². The number of ether oxygens (including phenoxy) is 1. The first-order chi connectivity index (χ1) is 15.8. The Balaban J connectivity index is 1.76. The van der Waals surface area contributed by atoms with Gasteiger partial charge in [-0.25, -0.2) is 4.90 Å². The zero-order valence-corrected chi connectivity index (χ0v) is 19.4. The molecule has 7 nitrogen and oxygen atoms in total. The number of carbonyl (C=O) groups excluding carboxylic acids is 3. The Bertz CT molecular complexity index is 1100. The van der Waals surface area contributed by atoms with Gasteiger partial charge in [-0.1, -0.05) is 26.0 Å². The first-order valence-corrected chi connectivity index (χ1v) is 11.2. The Morgan fingerprint density at radius 2 is 1.55 bits per heavy atom. The van der Waals surface area contributed by atoms with E-state index >= 15 is 0 Å². The average molecular weight is 448 g/mol. The lowest BCUT2D eigenvalue weighted by atomic mass is 9.91. The van der Waals surface area contributed by atoms with Crippen LogP contribution in [0.1, 0.15) is 32.8 Å². The van der Waals surface area contributed by atoms with Crippen LogP contribution in [0.4, 0.5) is 11.4 Å². The van der Waals surface area contributed by atoms with E-state index < -0.39 is 0 Å². The van der Waals surface area contributed by atoms with Crippen molar-refractivity contribution in [2.45, 2.75) is 27.2 Å². The van der Waals surface area contributed by atoms with Crippen molar-refractivity contribution in [3.8, 4) is 5.75 Å². The lowest BCUT2D eigenvalue weighted by Gasteiger charge is -2.37. The number of nitrogens with one attached hydrogen (secondary N) is 1. The van der Waals surface area contributed by atoms with Gasteiger partial charge in [-0.3, -0.25) is 14.4 Å². The Kier molecular flexibility index (Phi) is 6.22. The molecule has 7 heteroatoms. The summed E-state index contributed by atoms with van der Waals surface area (Å²) in [5, 5.41) is 2.70. The van der Waals surface area contributed by atoms with Crippen molar-refractivity contribution >= 4 is 34.7 Å². The number of carbonyl (C=O) groups is 3. The summed E-state index contributed by atoms with van der Waals surface area (Å²) in [5.74, 6) is 0.677. The lowest BCUT2D eigenvalue weighted by Crippen LogP contribution is -2.42. The fraction of sp³-hybridized carbons (Fsp3) is 0.346. The van der Waals surface area contributed by atoms with Gasteiger partial charge in [0.05, 0.1) is 18.4 Å². The molecule has 1 N–H and O–H groups in total. The van der Waals surface area contributed by atoms with E-state index in [2.05, 4.69) is 24.1 Å². The molecule has 2 aliphatic heterocycles. The fourth-order valence-electron chi connectivity index (χ4n) is 4.81. The molecule has 2 aliphatic rings. The van der Waals surface area contributed by atoms with E-state index in [0.29, 0.717) is 45.8 Å². The van der Waals surface area contributed by atoms with E-state index in [1.807, 2.05) is 12.1 Å². The summed E-state index contributed by atoms with van der Waals surface area (Å²) < 4.78 is 5.26. The van der Waals surface area contributed by atoms with E-state index in [9.17, 15) is 14.4 Å². The first-order valence-electron chi connectivity index (χ1n) is 11.2. The average Bonchev–Trinajstić information content (AvgIpc) is 3.03. The number of benzene rings is 2. The largest absolute Gasteiger partial charge is 0.497 e. The maximum Gasteiger partial charge on any atom is 0.282 e. The van der Waals surface area contributed by atoms with Crippen molar-refractivity contribution in [3.63, 3.8) is 0 Å². The third-order valence-electron chi connectivity index (χ3n) is 6.07. The van der Waals surface area contributed by atoms with Gasteiger partial charge in [-0.2, -0.15) is 0 Å². The molecule has 33 heavy (non-hydrogen) atoms. The van der Waals surface area contributed by atoms with Crippen molar-refractivity contribution in [2.24, 2.45) is 11.8 Å². The van der Waals surface area contributed by atoms with E-state index in [0.717, 1.165) is 19.5 Å². The van der Waals surface area contributed by atoms with Gasteiger partial charge < -0.3 is 15.0 Å². The minimum absolute atomic E-state index is 0.185. The minimum atomic E-state index is -0.349. The standard InChI is InChI=1S/C26H29N3O4/c1-16-13-17(2)15-28(14-16)24-23(19-5-11-22(33-4)12-6-19)25(31)29(26(24)32)21-9-7-20(8-10-21)27-18(3)30/h5-12,16-17H,13-15H2,1-4H3,(H,27,30). The molecular formula is C26H29N3O4. The second-order valence-electron chi connectivity index (χ2n) is 8.98.